The topological polar surface area (TPSA) is 46.2 Å². The van der Waals surface area contributed by atoms with E-state index in [1.807, 2.05) is 72.8 Å². The molecule has 0 saturated carbocycles. The van der Waals surface area contributed by atoms with E-state index >= 15 is 0 Å². The molecule has 3 nitrogen and oxygen atoms in total. The zero-order chi connectivity index (χ0) is 15.4. The van der Waals surface area contributed by atoms with E-state index in [0.717, 1.165) is 21.9 Å². The predicted molar refractivity (Wildman–Crippen MR) is 89.9 cm³/mol. The van der Waals surface area contributed by atoms with Gasteiger partial charge in [-0.2, -0.15) is 0 Å². The molecule has 3 rings (SSSR count). The molecule has 3 aromatic rings. The number of fused-ring (bicyclic) bond motifs is 1. The lowest BCUT2D eigenvalue weighted by Crippen LogP contribution is -2.24. The summed E-state index contributed by atoms with van der Waals surface area (Å²) in [7, 11) is -3.35. The van der Waals surface area contributed by atoms with E-state index in [0.29, 0.717) is 6.54 Å². The molecule has 0 saturated heterocycles. The monoisotopic (exact) mass is 311 g/mol. The molecule has 0 unspecified atom stereocenters. The molecular formula is C18H17NO2S. The first kappa shape index (κ1) is 14.8. The van der Waals surface area contributed by atoms with Gasteiger partial charge in [-0.1, -0.05) is 72.8 Å². The number of sulfonamides is 1. The largest absolute Gasteiger partial charge is 0.216 e. The van der Waals surface area contributed by atoms with Crippen LogP contribution in [0.5, 0.6) is 0 Å². The van der Waals surface area contributed by atoms with Crippen molar-refractivity contribution in [2.75, 3.05) is 0 Å². The van der Waals surface area contributed by atoms with Crippen LogP contribution < -0.4 is 4.72 Å². The van der Waals surface area contributed by atoms with Crippen molar-refractivity contribution in [1.82, 2.24) is 4.72 Å². The quantitative estimate of drug-likeness (QED) is 0.784. The molecule has 0 heterocycles. The first-order valence-corrected chi connectivity index (χ1v) is 8.77. The van der Waals surface area contributed by atoms with Crippen LogP contribution in [0.2, 0.25) is 0 Å². The highest BCUT2D eigenvalue weighted by molar-refractivity contribution is 7.88. The van der Waals surface area contributed by atoms with Gasteiger partial charge in [-0.05, 0) is 21.9 Å². The van der Waals surface area contributed by atoms with Crippen molar-refractivity contribution in [3.8, 4) is 0 Å². The van der Waals surface area contributed by atoms with Gasteiger partial charge in [0.05, 0.1) is 5.75 Å². The standard InChI is InChI=1S/C18H17NO2S/c20-22(21,19-13-15-6-2-1-3-7-15)14-16-10-11-17-8-4-5-9-18(17)12-16/h1-12,19H,13-14H2. The minimum absolute atomic E-state index is 0.00926. The van der Waals surface area contributed by atoms with Crippen molar-refractivity contribution in [3.63, 3.8) is 0 Å². The summed E-state index contributed by atoms with van der Waals surface area (Å²) >= 11 is 0. The van der Waals surface area contributed by atoms with Gasteiger partial charge in [0.2, 0.25) is 10.0 Å². The molecule has 22 heavy (non-hydrogen) atoms. The van der Waals surface area contributed by atoms with Gasteiger partial charge in [0, 0.05) is 6.54 Å². The fourth-order valence-corrected chi connectivity index (χ4v) is 3.50. The summed E-state index contributed by atoms with van der Waals surface area (Å²) in [6.45, 7) is 0.316. The summed E-state index contributed by atoms with van der Waals surface area (Å²) in [6, 6.07) is 23.2. The molecule has 3 aromatic carbocycles. The molecular weight excluding hydrogens is 294 g/mol. The highest BCUT2D eigenvalue weighted by atomic mass is 32.2. The first-order chi connectivity index (χ1) is 10.6. The van der Waals surface area contributed by atoms with Crippen molar-refractivity contribution in [1.29, 1.82) is 0 Å². The molecule has 0 atom stereocenters. The number of rotatable bonds is 5. The fourth-order valence-electron chi connectivity index (χ4n) is 2.39. The van der Waals surface area contributed by atoms with Crippen LogP contribution in [0.25, 0.3) is 10.8 Å². The molecule has 1 N–H and O–H groups in total. The minimum atomic E-state index is -3.35. The van der Waals surface area contributed by atoms with Crippen molar-refractivity contribution in [2.24, 2.45) is 0 Å². The second kappa shape index (κ2) is 6.30. The molecule has 0 aliphatic carbocycles. The zero-order valence-corrected chi connectivity index (χ0v) is 12.9. The minimum Gasteiger partial charge on any atom is -0.212 e. The summed E-state index contributed by atoms with van der Waals surface area (Å²) in [6.07, 6.45) is 0. The fraction of sp³-hybridized carbons (Fsp3) is 0.111. The molecule has 4 heteroatoms. The third-order valence-electron chi connectivity index (χ3n) is 3.51. The summed E-state index contributed by atoms with van der Waals surface area (Å²) in [5.74, 6) is -0.00926. The van der Waals surface area contributed by atoms with Crippen LogP contribution in [0.3, 0.4) is 0 Å². The molecule has 0 amide bonds. The van der Waals surface area contributed by atoms with E-state index in [4.69, 9.17) is 0 Å². The molecule has 0 radical (unpaired) electrons. The highest BCUT2D eigenvalue weighted by Gasteiger charge is 2.11. The first-order valence-electron chi connectivity index (χ1n) is 7.11. The Balaban J connectivity index is 1.72. The van der Waals surface area contributed by atoms with Crippen LogP contribution in [0.4, 0.5) is 0 Å². The van der Waals surface area contributed by atoms with E-state index in [1.165, 1.54) is 0 Å². The van der Waals surface area contributed by atoms with E-state index < -0.39 is 10.0 Å². The van der Waals surface area contributed by atoms with Crippen molar-refractivity contribution >= 4 is 20.8 Å². The van der Waals surface area contributed by atoms with Crippen LogP contribution in [-0.2, 0) is 22.3 Å². The van der Waals surface area contributed by atoms with Gasteiger partial charge in [0.1, 0.15) is 0 Å². The smallest absolute Gasteiger partial charge is 0.212 e. The number of nitrogens with one attached hydrogen (secondary N) is 1. The number of benzene rings is 3. The summed E-state index contributed by atoms with van der Waals surface area (Å²) < 4.78 is 27.0. The molecule has 0 fully saturated rings. The van der Waals surface area contributed by atoms with E-state index in [9.17, 15) is 8.42 Å². The van der Waals surface area contributed by atoms with Crippen molar-refractivity contribution in [2.45, 2.75) is 12.3 Å². The lowest BCUT2D eigenvalue weighted by molar-refractivity contribution is 0.580. The van der Waals surface area contributed by atoms with Gasteiger partial charge < -0.3 is 0 Å². The Morgan fingerprint density at radius 1 is 0.727 bits per heavy atom. The Bertz CT molecular complexity index is 874. The third kappa shape index (κ3) is 3.72. The van der Waals surface area contributed by atoms with Crippen LogP contribution in [0.1, 0.15) is 11.1 Å². The van der Waals surface area contributed by atoms with Gasteiger partial charge in [0.25, 0.3) is 0 Å². The SMILES string of the molecule is O=S(=O)(Cc1ccc2ccccc2c1)NCc1ccccc1. The maximum Gasteiger partial charge on any atom is 0.216 e. The van der Waals surface area contributed by atoms with Gasteiger partial charge in [-0.25, -0.2) is 13.1 Å². The van der Waals surface area contributed by atoms with Crippen LogP contribution in [0, 0.1) is 0 Å². The van der Waals surface area contributed by atoms with E-state index in [2.05, 4.69) is 4.72 Å². The predicted octanol–water partition coefficient (Wildman–Crippen LogP) is 3.46. The molecule has 0 aromatic heterocycles. The second-order valence-corrected chi connectivity index (χ2v) is 7.05. The summed E-state index contributed by atoms with van der Waals surface area (Å²) in [5, 5.41) is 2.17. The molecule has 0 aliphatic rings. The van der Waals surface area contributed by atoms with Crippen LogP contribution >= 0.6 is 0 Å². The van der Waals surface area contributed by atoms with Crippen molar-refractivity contribution in [3.05, 3.63) is 83.9 Å². The van der Waals surface area contributed by atoms with Crippen LogP contribution in [-0.4, -0.2) is 8.42 Å². The highest BCUT2D eigenvalue weighted by Crippen LogP contribution is 2.17. The van der Waals surface area contributed by atoms with Crippen molar-refractivity contribution < 1.29 is 8.42 Å². The Labute approximate surface area is 130 Å². The second-order valence-electron chi connectivity index (χ2n) is 5.25. The molecule has 112 valence electrons. The zero-order valence-electron chi connectivity index (χ0n) is 12.1. The number of hydrogen-bond acceptors (Lipinski definition) is 2. The van der Waals surface area contributed by atoms with Crippen LogP contribution in [0.15, 0.2) is 72.8 Å². The average molecular weight is 311 g/mol. The Kier molecular flexibility index (Phi) is 4.22. The lowest BCUT2D eigenvalue weighted by atomic mass is 10.1. The normalized spacial score (nSPS) is 11.6. The maximum absolute atomic E-state index is 12.2. The molecule has 0 bridgehead atoms. The lowest BCUT2D eigenvalue weighted by Gasteiger charge is -2.08. The van der Waals surface area contributed by atoms with Gasteiger partial charge >= 0.3 is 0 Å². The summed E-state index contributed by atoms with van der Waals surface area (Å²) in [4.78, 5) is 0. The Morgan fingerprint density at radius 2 is 1.41 bits per heavy atom. The average Bonchev–Trinajstić information content (AvgIpc) is 2.54. The van der Waals surface area contributed by atoms with E-state index in [1.54, 1.807) is 0 Å². The molecule has 0 aliphatic heterocycles. The molecule has 0 spiro atoms. The summed E-state index contributed by atoms with van der Waals surface area (Å²) in [5.41, 5.74) is 1.74. The Morgan fingerprint density at radius 3 is 2.18 bits per heavy atom. The van der Waals surface area contributed by atoms with Gasteiger partial charge in [-0.3, -0.25) is 0 Å². The van der Waals surface area contributed by atoms with Gasteiger partial charge in [-0.15, -0.1) is 0 Å². The third-order valence-corrected chi connectivity index (χ3v) is 4.81. The van der Waals surface area contributed by atoms with E-state index in [-0.39, 0.29) is 5.75 Å². The van der Waals surface area contributed by atoms with Gasteiger partial charge in [0.15, 0.2) is 0 Å². The number of hydrogen-bond donors (Lipinski definition) is 1. The maximum atomic E-state index is 12.2. The Hall–Kier alpha value is -2.17.